The van der Waals surface area contributed by atoms with Crippen LogP contribution in [-0.4, -0.2) is 26.8 Å². The van der Waals surface area contributed by atoms with Gasteiger partial charge in [-0.1, -0.05) is 24.3 Å². The zero-order valence-corrected chi connectivity index (χ0v) is 18.3. The average molecular weight is 448 g/mol. The van der Waals surface area contributed by atoms with Crippen molar-refractivity contribution in [1.29, 1.82) is 0 Å². The standard InChI is InChI=1S/C27H20N4O3/c1-34-23-15-11-19(12-16-23)27-20(18-30(29-27)22-6-3-2-4-7-22)10-13-21-14-17-24-25(28-21)8-5-9-26(24)31(32)33/h2-18H,1H3. The first kappa shape index (κ1) is 21.1. The van der Waals surface area contributed by atoms with Crippen molar-refractivity contribution in [3.63, 3.8) is 0 Å². The molecule has 3 aromatic carbocycles. The van der Waals surface area contributed by atoms with E-state index in [1.165, 1.54) is 6.07 Å². The Hall–Kier alpha value is -4.78. The normalized spacial score (nSPS) is 11.2. The fourth-order valence-electron chi connectivity index (χ4n) is 3.78. The third-order valence-electron chi connectivity index (χ3n) is 5.49. The number of benzene rings is 3. The lowest BCUT2D eigenvalue weighted by molar-refractivity contribution is -0.383. The van der Waals surface area contributed by atoms with Crippen molar-refractivity contribution < 1.29 is 9.66 Å². The van der Waals surface area contributed by atoms with Crippen molar-refractivity contribution in [2.24, 2.45) is 0 Å². The van der Waals surface area contributed by atoms with Gasteiger partial charge in [0.15, 0.2) is 0 Å². The molecule has 0 atom stereocenters. The number of hydrogen-bond acceptors (Lipinski definition) is 5. The summed E-state index contributed by atoms with van der Waals surface area (Å²) in [5.74, 6) is 0.776. The number of aromatic nitrogens is 3. The number of para-hydroxylation sites is 1. The van der Waals surface area contributed by atoms with Crippen LogP contribution >= 0.6 is 0 Å². The van der Waals surface area contributed by atoms with Crippen LogP contribution in [0.5, 0.6) is 5.75 Å². The van der Waals surface area contributed by atoms with Gasteiger partial charge in [0.25, 0.3) is 5.69 Å². The second-order valence-corrected chi connectivity index (χ2v) is 7.61. The summed E-state index contributed by atoms with van der Waals surface area (Å²) in [6.07, 6.45) is 5.81. The molecule has 166 valence electrons. The van der Waals surface area contributed by atoms with Crippen LogP contribution in [0.3, 0.4) is 0 Å². The molecule has 0 radical (unpaired) electrons. The van der Waals surface area contributed by atoms with E-state index in [2.05, 4.69) is 4.98 Å². The number of hydrogen-bond donors (Lipinski definition) is 0. The second kappa shape index (κ2) is 8.99. The van der Waals surface area contributed by atoms with Crippen molar-refractivity contribution >= 4 is 28.7 Å². The van der Waals surface area contributed by atoms with Gasteiger partial charge in [-0.05, 0) is 66.7 Å². The van der Waals surface area contributed by atoms with Crippen molar-refractivity contribution in [1.82, 2.24) is 14.8 Å². The topological polar surface area (TPSA) is 83.1 Å². The summed E-state index contributed by atoms with van der Waals surface area (Å²) >= 11 is 0. The van der Waals surface area contributed by atoms with Crippen LogP contribution in [0, 0.1) is 10.1 Å². The van der Waals surface area contributed by atoms with E-state index < -0.39 is 4.92 Å². The predicted molar refractivity (Wildman–Crippen MR) is 133 cm³/mol. The van der Waals surface area contributed by atoms with Crippen LogP contribution in [-0.2, 0) is 0 Å². The van der Waals surface area contributed by atoms with Crippen LogP contribution in [0.1, 0.15) is 11.3 Å². The Kier molecular flexibility index (Phi) is 5.58. The smallest absolute Gasteiger partial charge is 0.278 e. The Labute approximate surface area is 195 Å². The van der Waals surface area contributed by atoms with Gasteiger partial charge < -0.3 is 4.74 Å². The molecular formula is C27H20N4O3. The highest BCUT2D eigenvalue weighted by Crippen LogP contribution is 2.28. The molecule has 0 amide bonds. The fraction of sp³-hybridized carbons (Fsp3) is 0.0370. The number of pyridine rings is 1. The highest BCUT2D eigenvalue weighted by Gasteiger charge is 2.13. The molecular weight excluding hydrogens is 428 g/mol. The molecule has 0 saturated carbocycles. The van der Waals surface area contributed by atoms with Gasteiger partial charge in [0.05, 0.1) is 40.0 Å². The maximum atomic E-state index is 11.3. The Bertz CT molecular complexity index is 1510. The number of ether oxygens (including phenoxy) is 1. The number of non-ortho nitro benzene ring substituents is 1. The Morgan fingerprint density at radius 3 is 2.44 bits per heavy atom. The minimum Gasteiger partial charge on any atom is -0.497 e. The van der Waals surface area contributed by atoms with E-state index >= 15 is 0 Å². The number of nitrogens with zero attached hydrogens (tertiary/aromatic N) is 4. The minimum absolute atomic E-state index is 0.0476. The highest BCUT2D eigenvalue weighted by molar-refractivity contribution is 5.89. The highest BCUT2D eigenvalue weighted by atomic mass is 16.6. The first-order chi connectivity index (χ1) is 16.6. The van der Waals surface area contributed by atoms with Crippen LogP contribution in [0.2, 0.25) is 0 Å². The zero-order valence-electron chi connectivity index (χ0n) is 18.3. The SMILES string of the molecule is COc1ccc(-c2nn(-c3ccccc3)cc2C=Cc2ccc3c([N+](=O)[O-])cccc3n2)cc1. The third-order valence-corrected chi connectivity index (χ3v) is 5.49. The summed E-state index contributed by atoms with van der Waals surface area (Å²) < 4.78 is 7.13. The van der Waals surface area contributed by atoms with Crippen molar-refractivity contribution in [2.45, 2.75) is 0 Å². The number of fused-ring (bicyclic) bond motifs is 1. The fourth-order valence-corrected chi connectivity index (χ4v) is 3.78. The van der Waals surface area contributed by atoms with Gasteiger partial charge in [-0.3, -0.25) is 10.1 Å². The van der Waals surface area contributed by atoms with Gasteiger partial charge in [0, 0.05) is 23.4 Å². The summed E-state index contributed by atoms with van der Waals surface area (Å²) in [6, 6.07) is 26.1. The molecule has 0 fully saturated rings. The van der Waals surface area contributed by atoms with Crippen LogP contribution in [0.25, 0.3) is 40.0 Å². The van der Waals surface area contributed by atoms with E-state index in [1.54, 1.807) is 31.4 Å². The Balaban J connectivity index is 1.55. The maximum absolute atomic E-state index is 11.3. The van der Waals surface area contributed by atoms with Crippen LogP contribution < -0.4 is 4.74 Å². The van der Waals surface area contributed by atoms with Crippen LogP contribution in [0.4, 0.5) is 5.69 Å². The number of nitro groups is 1. The first-order valence-electron chi connectivity index (χ1n) is 10.6. The molecule has 7 nitrogen and oxygen atoms in total. The summed E-state index contributed by atoms with van der Waals surface area (Å²) in [5, 5.41) is 16.6. The average Bonchev–Trinajstić information content (AvgIpc) is 3.31. The summed E-state index contributed by atoms with van der Waals surface area (Å²) in [4.78, 5) is 15.5. The molecule has 34 heavy (non-hydrogen) atoms. The van der Waals surface area contributed by atoms with Crippen molar-refractivity contribution in [3.8, 4) is 22.7 Å². The van der Waals surface area contributed by atoms with E-state index in [-0.39, 0.29) is 5.69 Å². The molecule has 0 N–H and O–H groups in total. The minimum atomic E-state index is -0.390. The number of methoxy groups -OCH3 is 1. The van der Waals surface area contributed by atoms with E-state index in [9.17, 15) is 10.1 Å². The maximum Gasteiger partial charge on any atom is 0.278 e. The zero-order chi connectivity index (χ0) is 23.5. The molecule has 2 aromatic heterocycles. The molecule has 0 aliphatic rings. The summed E-state index contributed by atoms with van der Waals surface area (Å²) in [7, 11) is 1.64. The summed E-state index contributed by atoms with van der Waals surface area (Å²) in [5.41, 5.74) is 4.96. The number of nitro benzene ring substituents is 1. The van der Waals surface area contributed by atoms with Crippen LogP contribution in [0.15, 0.2) is 91.1 Å². The molecule has 0 aliphatic heterocycles. The van der Waals surface area contributed by atoms with E-state index in [4.69, 9.17) is 9.84 Å². The van der Waals surface area contributed by atoms with E-state index in [0.29, 0.717) is 16.6 Å². The van der Waals surface area contributed by atoms with Crippen molar-refractivity contribution in [3.05, 3.63) is 112 Å². The Morgan fingerprint density at radius 2 is 1.71 bits per heavy atom. The molecule has 5 aromatic rings. The molecule has 5 rings (SSSR count). The second-order valence-electron chi connectivity index (χ2n) is 7.61. The lowest BCUT2D eigenvalue weighted by Gasteiger charge is -2.03. The summed E-state index contributed by atoms with van der Waals surface area (Å²) in [6.45, 7) is 0. The third kappa shape index (κ3) is 4.14. The van der Waals surface area contributed by atoms with E-state index in [1.807, 2.05) is 77.6 Å². The monoisotopic (exact) mass is 448 g/mol. The molecule has 0 saturated heterocycles. The predicted octanol–water partition coefficient (Wildman–Crippen LogP) is 6.17. The van der Waals surface area contributed by atoms with Gasteiger partial charge in [-0.15, -0.1) is 0 Å². The molecule has 0 spiro atoms. The largest absolute Gasteiger partial charge is 0.497 e. The molecule has 0 aliphatic carbocycles. The quantitative estimate of drug-likeness (QED) is 0.229. The lowest BCUT2D eigenvalue weighted by atomic mass is 10.1. The molecule has 2 heterocycles. The first-order valence-corrected chi connectivity index (χ1v) is 10.6. The molecule has 7 heteroatoms. The van der Waals surface area contributed by atoms with Gasteiger partial charge in [0.1, 0.15) is 5.75 Å². The van der Waals surface area contributed by atoms with Gasteiger partial charge in [-0.2, -0.15) is 5.10 Å². The van der Waals surface area contributed by atoms with Gasteiger partial charge in [-0.25, -0.2) is 9.67 Å². The Morgan fingerprint density at radius 1 is 0.912 bits per heavy atom. The van der Waals surface area contributed by atoms with Gasteiger partial charge in [0.2, 0.25) is 0 Å². The molecule has 0 unspecified atom stereocenters. The molecule has 0 bridgehead atoms. The van der Waals surface area contributed by atoms with Gasteiger partial charge >= 0.3 is 0 Å². The lowest BCUT2D eigenvalue weighted by Crippen LogP contribution is -1.94. The van der Waals surface area contributed by atoms with Crippen molar-refractivity contribution in [2.75, 3.05) is 7.11 Å². The van der Waals surface area contributed by atoms with E-state index in [0.717, 1.165) is 28.3 Å². The number of rotatable bonds is 6.